The van der Waals surface area contributed by atoms with Crippen molar-refractivity contribution in [1.29, 1.82) is 0 Å². The van der Waals surface area contributed by atoms with Gasteiger partial charge in [-0.2, -0.15) is 0 Å². The number of aliphatic hydroxyl groups is 1. The molecule has 110 valence electrons. The van der Waals surface area contributed by atoms with E-state index in [9.17, 15) is 9.59 Å². The fraction of sp³-hybridized carbons (Fsp3) is 0.583. The third kappa shape index (κ3) is 2.46. The molecular weight excluding hydrogens is 262 g/mol. The number of guanidine groups is 1. The topological polar surface area (TPSA) is 97.3 Å². The molecule has 0 aromatic heterocycles. The number of rotatable bonds is 5. The van der Waals surface area contributed by atoms with Gasteiger partial charge in [-0.1, -0.05) is 6.08 Å². The maximum absolute atomic E-state index is 12.0. The summed E-state index contributed by atoms with van der Waals surface area (Å²) in [5.74, 6) is 0.199. The second-order valence-corrected chi connectivity index (χ2v) is 4.66. The number of hydrogen-bond acceptors (Lipinski definition) is 4. The molecule has 2 aliphatic rings. The van der Waals surface area contributed by atoms with Crippen molar-refractivity contribution >= 4 is 17.9 Å². The van der Waals surface area contributed by atoms with Crippen molar-refractivity contribution in [2.45, 2.75) is 18.6 Å². The molecule has 20 heavy (non-hydrogen) atoms. The van der Waals surface area contributed by atoms with Crippen LogP contribution in [0.1, 0.15) is 6.42 Å². The summed E-state index contributed by atoms with van der Waals surface area (Å²) < 4.78 is 0. The second kappa shape index (κ2) is 5.91. The minimum atomic E-state index is -0.524. The molecule has 0 bridgehead atoms. The van der Waals surface area contributed by atoms with Crippen molar-refractivity contribution in [3.8, 4) is 0 Å². The van der Waals surface area contributed by atoms with Crippen molar-refractivity contribution in [3.05, 3.63) is 12.7 Å². The maximum Gasteiger partial charge on any atom is 0.325 e. The molecule has 2 saturated heterocycles. The van der Waals surface area contributed by atoms with Crippen LogP contribution in [0.2, 0.25) is 0 Å². The zero-order valence-corrected chi connectivity index (χ0v) is 11.4. The molecule has 8 heteroatoms. The van der Waals surface area contributed by atoms with Gasteiger partial charge in [-0.05, 0) is 6.42 Å². The summed E-state index contributed by atoms with van der Waals surface area (Å²) >= 11 is 0. The van der Waals surface area contributed by atoms with Crippen LogP contribution in [0.3, 0.4) is 0 Å². The molecule has 0 saturated carbocycles. The molecule has 2 atom stereocenters. The van der Waals surface area contributed by atoms with E-state index in [2.05, 4.69) is 22.2 Å². The van der Waals surface area contributed by atoms with Gasteiger partial charge in [0.25, 0.3) is 5.91 Å². The fourth-order valence-corrected chi connectivity index (χ4v) is 2.31. The van der Waals surface area contributed by atoms with Crippen molar-refractivity contribution in [2.75, 3.05) is 26.7 Å². The smallest absolute Gasteiger partial charge is 0.325 e. The van der Waals surface area contributed by atoms with Gasteiger partial charge >= 0.3 is 6.03 Å². The molecule has 3 amide bonds. The summed E-state index contributed by atoms with van der Waals surface area (Å²) in [6.07, 6.45) is 1.78. The molecule has 3 N–H and O–H groups in total. The van der Waals surface area contributed by atoms with E-state index in [1.807, 2.05) is 0 Å². The number of aliphatic imine (C=N–C) groups is 1. The Morgan fingerprint density at radius 1 is 1.50 bits per heavy atom. The Kier molecular flexibility index (Phi) is 4.23. The van der Waals surface area contributed by atoms with Crippen LogP contribution in [0.4, 0.5) is 4.79 Å². The monoisotopic (exact) mass is 281 g/mol. The zero-order valence-electron chi connectivity index (χ0n) is 11.4. The summed E-state index contributed by atoms with van der Waals surface area (Å²) in [6.45, 7) is 4.63. The van der Waals surface area contributed by atoms with E-state index in [4.69, 9.17) is 5.11 Å². The molecule has 8 nitrogen and oxygen atoms in total. The van der Waals surface area contributed by atoms with Crippen molar-refractivity contribution in [3.63, 3.8) is 0 Å². The predicted molar refractivity (Wildman–Crippen MR) is 72.9 cm³/mol. The normalized spacial score (nSPS) is 27.4. The Morgan fingerprint density at radius 2 is 2.25 bits per heavy atom. The number of aliphatic hydroxyl groups excluding tert-OH is 1. The van der Waals surface area contributed by atoms with Gasteiger partial charge in [0.05, 0.1) is 0 Å². The number of nitrogens with zero attached hydrogens (tertiary/aromatic N) is 3. The van der Waals surface area contributed by atoms with Gasteiger partial charge in [0, 0.05) is 26.7 Å². The average Bonchev–Trinajstić information content (AvgIpc) is 2.77. The highest BCUT2D eigenvalue weighted by atomic mass is 16.3. The van der Waals surface area contributed by atoms with Crippen molar-refractivity contribution in [2.24, 2.45) is 4.99 Å². The molecular formula is C12H19N5O3. The zero-order chi connectivity index (χ0) is 14.7. The second-order valence-electron chi connectivity index (χ2n) is 4.66. The first kappa shape index (κ1) is 14.3. The molecule has 2 heterocycles. The molecule has 0 radical (unpaired) electrons. The highest BCUT2D eigenvalue weighted by Crippen LogP contribution is 2.20. The van der Waals surface area contributed by atoms with E-state index in [1.165, 1.54) is 4.90 Å². The van der Waals surface area contributed by atoms with Crippen LogP contribution in [0, 0.1) is 0 Å². The van der Waals surface area contributed by atoms with E-state index in [1.54, 1.807) is 18.0 Å². The van der Waals surface area contributed by atoms with Gasteiger partial charge < -0.3 is 20.2 Å². The molecule has 0 spiro atoms. The van der Waals surface area contributed by atoms with Gasteiger partial charge in [-0.15, -0.1) is 6.58 Å². The largest absolute Gasteiger partial charge is 0.396 e. The molecule has 0 aromatic rings. The lowest BCUT2D eigenvalue weighted by molar-refractivity contribution is -0.126. The number of fused-ring (bicyclic) bond motifs is 1. The molecule has 2 unspecified atom stereocenters. The van der Waals surface area contributed by atoms with E-state index in [-0.39, 0.29) is 12.5 Å². The number of hydrogen-bond donors (Lipinski definition) is 3. The third-order valence-electron chi connectivity index (χ3n) is 3.32. The molecule has 2 aliphatic heterocycles. The number of urea groups is 1. The Hall–Kier alpha value is -2.09. The molecule has 0 aliphatic carbocycles. The van der Waals surface area contributed by atoms with E-state index < -0.39 is 18.2 Å². The number of amides is 3. The lowest BCUT2D eigenvalue weighted by Gasteiger charge is -2.35. The highest BCUT2D eigenvalue weighted by Gasteiger charge is 2.49. The van der Waals surface area contributed by atoms with Crippen LogP contribution >= 0.6 is 0 Å². The SMILES string of the molecule is C=CCN1C(=NCCCO)NC2C1C(=O)NC(=O)N2C. The van der Waals surface area contributed by atoms with Gasteiger partial charge in [0.15, 0.2) is 12.0 Å². The van der Waals surface area contributed by atoms with E-state index in [0.717, 1.165) is 0 Å². The predicted octanol–water partition coefficient (Wildman–Crippen LogP) is -1.31. The highest BCUT2D eigenvalue weighted by molar-refractivity contribution is 6.04. The standard InChI is InChI=1S/C12H19N5O3/c1-3-6-17-8-9(14-11(17)13-5-4-7-18)16(2)12(20)15-10(8)19/h3,8-9,18H,1,4-7H2,2H3,(H,13,14)(H,15,19,20). The summed E-state index contributed by atoms with van der Waals surface area (Å²) in [7, 11) is 1.62. The van der Waals surface area contributed by atoms with Crippen LogP contribution in [0.15, 0.2) is 17.6 Å². The Bertz CT molecular complexity index is 450. The number of imide groups is 1. The lowest BCUT2D eigenvalue weighted by Crippen LogP contribution is -2.64. The lowest BCUT2D eigenvalue weighted by atomic mass is 10.1. The van der Waals surface area contributed by atoms with Crippen LogP contribution in [-0.4, -0.2) is 71.8 Å². The van der Waals surface area contributed by atoms with Crippen LogP contribution in [0.5, 0.6) is 0 Å². The average molecular weight is 281 g/mol. The Labute approximate surface area is 117 Å². The molecule has 2 rings (SSSR count). The first-order valence-electron chi connectivity index (χ1n) is 6.47. The number of nitrogens with one attached hydrogen (secondary N) is 2. The summed E-state index contributed by atoms with van der Waals surface area (Å²) in [4.78, 5) is 31.2. The summed E-state index contributed by atoms with van der Waals surface area (Å²) in [5.41, 5.74) is 0. The third-order valence-corrected chi connectivity index (χ3v) is 3.32. The molecule has 0 aromatic carbocycles. The maximum atomic E-state index is 12.0. The van der Waals surface area contributed by atoms with Gasteiger partial charge in [-0.25, -0.2) is 4.79 Å². The molecule has 2 fully saturated rings. The van der Waals surface area contributed by atoms with E-state index >= 15 is 0 Å². The van der Waals surface area contributed by atoms with Crippen LogP contribution in [0.25, 0.3) is 0 Å². The number of carbonyl (C=O) groups excluding carboxylic acids is 2. The summed E-state index contributed by atoms with van der Waals surface area (Å²) in [6, 6.07) is -0.956. The summed E-state index contributed by atoms with van der Waals surface area (Å²) in [5, 5.41) is 14.2. The Balaban J connectivity index is 2.24. The number of likely N-dealkylation sites (N-methyl/N-ethyl adjacent to an activating group) is 1. The minimum Gasteiger partial charge on any atom is -0.396 e. The fourth-order valence-electron chi connectivity index (χ4n) is 2.31. The quantitative estimate of drug-likeness (QED) is 0.429. The van der Waals surface area contributed by atoms with Crippen molar-refractivity contribution < 1.29 is 14.7 Å². The first-order chi connectivity index (χ1) is 9.60. The van der Waals surface area contributed by atoms with Gasteiger partial charge in [-0.3, -0.25) is 15.1 Å². The van der Waals surface area contributed by atoms with Gasteiger partial charge in [0.1, 0.15) is 6.17 Å². The van der Waals surface area contributed by atoms with E-state index in [0.29, 0.717) is 25.5 Å². The van der Waals surface area contributed by atoms with Crippen molar-refractivity contribution in [1.82, 2.24) is 20.4 Å². The first-order valence-corrected chi connectivity index (χ1v) is 6.47. The van der Waals surface area contributed by atoms with Crippen LogP contribution < -0.4 is 10.6 Å². The van der Waals surface area contributed by atoms with Gasteiger partial charge in [0.2, 0.25) is 0 Å². The minimum absolute atomic E-state index is 0.0595. The van der Waals surface area contributed by atoms with Crippen LogP contribution in [-0.2, 0) is 4.79 Å². The number of carbonyl (C=O) groups is 2. The Morgan fingerprint density at radius 3 is 2.90 bits per heavy atom.